The second-order valence-electron chi connectivity index (χ2n) is 4.27. The highest BCUT2D eigenvalue weighted by Crippen LogP contribution is 2.27. The van der Waals surface area contributed by atoms with E-state index >= 15 is 0 Å². The molecule has 0 aliphatic carbocycles. The van der Waals surface area contributed by atoms with Crippen molar-refractivity contribution in [1.82, 2.24) is 5.32 Å². The van der Waals surface area contributed by atoms with Crippen LogP contribution < -0.4 is 10.6 Å². The summed E-state index contributed by atoms with van der Waals surface area (Å²) >= 11 is 0. The highest BCUT2D eigenvalue weighted by Gasteiger charge is 2.11. The zero-order chi connectivity index (χ0) is 15.2. The molecule has 0 saturated carbocycles. The minimum absolute atomic E-state index is 0.385. The van der Waals surface area contributed by atoms with E-state index in [2.05, 4.69) is 17.2 Å². The Balaban J connectivity index is 2.20. The van der Waals surface area contributed by atoms with Crippen molar-refractivity contribution in [3.63, 3.8) is 0 Å². The van der Waals surface area contributed by atoms with Gasteiger partial charge in [0.1, 0.15) is 5.70 Å². The molecule has 0 aromatic heterocycles. The molecule has 0 aliphatic heterocycles. The SMILES string of the molecule is C=C(NC(=O)Nc1ccccc1-c1ccccc1)C(=O)O. The van der Waals surface area contributed by atoms with Gasteiger partial charge in [0.2, 0.25) is 0 Å². The number of aliphatic carboxylic acids is 1. The Morgan fingerprint density at radius 1 is 0.952 bits per heavy atom. The molecule has 0 bridgehead atoms. The van der Waals surface area contributed by atoms with Crippen LogP contribution in [-0.2, 0) is 4.79 Å². The smallest absolute Gasteiger partial charge is 0.351 e. The Labute approximate surface area is 121 Å². The van der Waals surface area contributed by atoms with Crippen LogP contribution in [0, 0.1) is 0 Å². The van der Waals surface area contributed by atoms with Gasteiger partial charge < -0.3 is 15.7 Å². The molecule has 5 nitrogen and oxygen atoms in total. The molecule has 2 rings (SSSR count). The number of rotatable bonds is 4. The molecule has 3 N–H and O–H groups in total. The molecule has 0 spiro atoms. The number of hydrogen-bond acceptors (Lipinski definition) is 2. The van der Waals surface area contributed by atoms with Gasteiger partial charge in [-0.3, -0.25) is 0 Å². The minimum atomic E-state index is -1.28. The largest absolute Gasteiger partial charge is 0.477 e. The Bertz CT molecular complexity index is 681. The third-order valence-electron chi connectivity index (χ3n) is 2.78. The van der Waals surface area contributed by atoms with Crippen LogP contribution in [0.5, 0.6) is 0 Å². The van der Waals surface area contributed by atoms with Gasteiger partial charge >= 0.3 is 12.0 Å². The number of hydrogen-bond donors (Lipinski definition) is 3. The second-order valence-corrected chi connectivity index (χ2v) is 4.27. The molecule has 2 amide bonds. The lowest BCUT2D eigenvalue weighted by Crippen LogP contribution is -2.31. The Hall–Kier alpha value is -3.08. The van der Waals surface area contributed by atoms with Crippen LogP contribution in [0.15, 0.2) is 66.9 Å². The summed E-state index contributed by atoms with van der Waals surface area (Å²) in [5.41, 5.74) is 1.99. The zero-order valence-corrected chi connectivity index (χ0v) is 11.2. The maximum Gasteiger partial charge on any atom is 0.351 e. The van der Waals surface area contributed by atoms with E-state index in [4.69, 9.17) is 5.11 Å². The number of anilines is 1. The van der Waals surface area contributed by atoms with Gasteiger partial charge in [-0.05, 0) is 11.6 Å². The summed E-state index contributed by atoms with van der Waals surface area (Å²) in [5, 5.41) is 13.5. The first-order valence-corrected chi connectivity index (χ1v) is 6.22. The molecule has 21 heavy (non-hydrogen) atoms. The van der Waals surface area contributed by atoms with Crippen molar-refractivity contribution in [1.29, 1.82) is 0 Å². The van der Waals surface area contributed by atoms with Crippen LogP contribution >= 0.6 is 0 Å². The van der Waals surface area contributed by atoms with Crippen LogP contribution in [0.2, 0.25) is 0 Å². The quantitative estimate of drug-likeness (QED) is 0.754. The molecular formula is C16H14N2O3. The average Bonchev–Trinajstić information content (AvgIpc) is 2.48. The van der Waals surface area contributed by atoms with Crippen LogP contribution in [-0.4, -0.2) is 17.1 Å². The Morgan fingerprint density at radius 3 is 2.24 bits per heavy atom. The van der Waals surface area contributed by atoms with E-state index in [1.54, 1.807) is 12.1 Å². The summed E-state index contributed by atoms with van der Waals surface area (Å²) in [5.74, 6) is -1.28. The van der Waals surface area contributed by atoms with Crippen molar-refractivity contribution in [3.8, 4) is 11.1 Å². The van der Waals surface area contributed by atoms with Crippen molar-refractivity contribution < 1.29 is 14.7 Å². The average molecular weight is 282 g/mol. The summed E-state index contributed by atoms with van der Waals surface area (Å²) in [6, 6.07) is 16.2. The number of para-hydroxylation sites is 1. The molecule has 0 unspecified atom stereocenters. The van der Waals surface area contributed by atoms with E-state index in [-0.39, 0.29) is 5.70 Å². The summed E-state index contributed by atoms with van der Waals surface area (Å²) in [4.78, 5) is 22.4. The first-order valence-electron chi connectivity index (χ1n) is 6.22. The summed E-state index contributed by atoms with van der Waals surface area (Å²) in [7, 11) is 0. The predicted octanol–water partition coefficient (Wildman–Crippen LogP) is 3.07. The predicted molar refractivity (Wildman–Crippen MR) is 80.8 cm³/mol. The van der Waals surface area contributed by atoms with Gasteiger partial charge in [-0.25, -0.2) is 9.59 Å². The number of carbonyl (C=O) groups excluding carboxylic acids is 1. The lowest BCUT2D eigenvalue weighted by Gasteiger charge is -2.12. The number of urea groups is 1. The Morgan fingerprint density at radius 2 is 1.57 bits per heavy atom. The molecule has 0 radical (unpaired) electrons. The fourth-order valence-corrected chi connectivity index (χ4v) is 1.81. The molecule has 0 fully saturated rings. The van der Waals surface area contributed by atoms with E-state index in [9.17, 15) is 9.59 Å². The topological polar surface area (TPSA) is 78.4 Å². The van der Waals surface area contributed by atoms with Gasteiger partial charge in [0.15, 0.2) is 0 Å². The van der Waals surface area contributed by atoms with Gasteiger partial charge in [-0.2, -0.15) is 0 Å². The molecule has 106 valence electrons. The van der Waals surface area contributed by atoms with Gasteiger partial charge in [0, 0.05) is 5.56 Å². The normalized spacial score (nSPS) is 9.71. The first-order chi connectivity index (χ1) is 10.1. The van der Waals surface area contributed by atoms with Gasteiger partial charge in [-0.1, -0.05) is 55.1 Å². The molecule has 0 aliphatic rings. The van der Waals surface area contributed by atoms with Gasteiger partial charge in [0.05, 0.1) is 5.69 Å². The number of amides is 2. The number of carboxylic acid groups (broad SMARTS) is 1. The third kappa shape index (κ3) is 3.70. The Kier molecular flexibility index (Phi) is 4.36. The van der Waals surface area contributed by atoms with E-state index in [0.717, 1.165) is 11.1 Å². The number of benzene rings is 2. The zero-order valence-electron chi connectivity index (χ0n) is 11.2. The number of nitrogens with one attached hydrogen (secondary N) is 2. The lowest BCUT2D eigenvalue weighted by molar-refractivity contribution is -0.132. The maximum atomic E-state index is 11.8. The fraction of sp³-hybridized carbons (Fsp3) is 0. The fourth-order valence-electron chi connectivity index (χ4n) is 1.81. The van der Waals surface area contributed by atoms with Gasteiger partial charge in [0.25, 0.3) is 0 Å². The first kappa shape index (κ1) is 14.3. The van der Waals surface area contributed by atoms with Crippen LogP contribution in [0.25, 0.3) is 11.1 Å². The summed E-state index contributed by atoms with van der Waals surface area (Å²) in [6.07, 6.45) is 0. The molecule has 0 heterocycles. The van der Waals surface area contributed by atoms with Crippen LogP contribution in [0.4, 0.5) is 10.5 Å². The minimum Gasteiger partial charge on any atom is -0.477 e. The van der Waals surface area contributed by atoms with Crippen LogP contribution in [0.3, 0.4) is 0 Å². The van der Waals surface area contributed by atoms with Crippen molar-refractivity contribution in [2.75, 3.05) is 5.32 Å². The highest BCUT2D eigenvalue weighted by atomic mass is 16.4. The van der Waals surface area contributed by atoms with Crippen LogP contribution in [0.1, 0.15) is 0 Å². The number of carboxylic acids is 1. The van der Waals surface area contributed by atoms with Crippen molar-refractivity contribution in [2.24, 2.45) is 0 Å². The molecular weight excluding hydrogens is 268 g/mol. The second kappa shape index (κ2) is 6.38. The third-order valence-corrected chi connectivity index (χ3v) is 2.78. The molecule has 0 atom stereocenters. The summed E-state index contributed by atoms with van der Waals surface area (Å²) in [6.45, 7) is 3.24. The maximum absolute atomic E-state index is 11.8. The summed E-state index contributed by atoms with van der Waals surface area (Å²) < 4.78 is 0. The van der Waals surface area contributed by atoms with E-state index in [1.807, 2.05) is 42.5 Å². The molecule has 0 saturated heterocycles. The van der Waals surface area contributed by atoms with E-state index in [1.165, 1.54) is 0 Å². The molecule has 2 aromatic carbocycles. The molecule has 2 aromatic rings. The lowest BCUT2D eigenvalue weighted by atomic mass is 10.0. The van der Waals surface area contributed by atoms with E-state index in [0.29, 0.717) is 5.69 Å². The molecule has 5 heteroatoms. The van der Waals surface area contributed by atoms with Gasteiger partial charge in [-0.15, -0.1) is 0 Å². The highest BCUT2D eigenvalue weighted by molar-refractivity contribution is 5.99. The van der Waals surface area contributed by atoms with Crippen molar-refractivity contribution >= 4 is 17.7 Å². The number of carbonyl (C=O) groups is 2. The van der Waals surface area contributed by atoms with Crippen molar-refractivity contribution in [3.05, 3.63) is 66.9 Å². The standard InChI is InChI=1S/C16H14N2O3/c1-11(15(19)20)17-16(21)18-14-10-6-5-9-13(14)12-7-3-2-4-8-12/h2-10H,1H2,(H,19,20)(H2,17,18,21). The van der Waals surface area contributed by atoms with E-state index < -0.39 is 12.0 Å². The van der Waals surface area contributed by atoms with Crippen molar-refractivity contribution in [2.45, 2.75) is 0 Å². The monoisotopic (exact) mass is 282 g/mol.